The molecule has 0 bridgehead atoms. The van der Waals surface area contributed by atoms with Crippen molar-refractivity contribution >= 4 is 0 Å². The average Bonchev–Trinajstić information content (AvgIpc) is 2.39. The number of hydrogen-bond acceptors (Lipinski definition) is 2. The third kappa shape index (κ3) is 2.45. The molecule has 1 aromatic carbocycles. The van der Waals surface area contributed by atoms with Crippen LogP contribution >= 0.6 is 0 Å². The molecule has 1 atom stereocenters. The monoisotopic (exact) mass is 219 g/mol. The fraction of sp³-hybridized carbons (Fsp3) is 0.571. The van der Waals surface area contributed by atoms with Crippen LogP contribution in [0.4, 0.5) is 0 Å². The summed E-state index contributed by atoms with van der Waals surface area (Å²) >= 11 is 0. The smallest absolute Gasteiger partial charge is 0.0471 e. The Kier molecular flexibility index (Phi) is 3.97. The van der Waals surface area contributed by atoms with Crippen molar-refractivity contribution in [1.82, 2.24) is 5.32 Å². The van der Waals surface area contributed by atoms with Crippen LogP contribution in [0.2, 0.25) is 0 Å². The van der Waals surface area contributed by atoms with E-state index in [0.29, 0.717) is 12.0 Å². The Hall–Kier alpha value is -0.860. The molecule has 1 aliphatic heterocycles. The highest BCUT2D eigenvalue weighted by Crippen LogP contribution is 2.31. The van der Waals surface area contributed by atoms with Gasteiger partial charge in [-0.3, -0.25) is 0 Å². The molecule has 0 saturated carbocycles. The largest absolute Gasteiger partial charge is 0.381 e. The van der Waals surface area contributed by atoms with Crippen molar-refractivity contribution < 1.29 is 4.74 Å². The molecule has 0 radical (unpaired) electrons. The van der Waals surface area contributed by atoms with Gasteiger partial charge in [0.1, 0.15) is 0 Å². The molecule has 2 nitrogen and oxygen atoms in total. The van der Waals surface area contributed by atoms with Gasteiger partial charge in [0.25, 0.3) is 0 Å². The van der Waals surface area contributed by atoms with Crippen molar-refractivity contribution in [3.8, 4) is 0 Å². The first kappa shape index (κ1) is 11.6. The Morgan fingerprint density at radius 3 is 2.62 bits per heavy atom. The molecule has 2 rings (SSSR count). The lowest BCUT2D eigenvalue weighted by Gasteiger charge is -2.26. The van der Waals surface area contributed by atoms with Gasteiger partial charge >= 0.3 is 0 Å². The third-order valence-electron chi connectivity index (χ3n) is 3.56. The van der Waals surface area contributed by atoms with Gasteiger partial charge in [-0.15, -0.1) is 0 Å². The Labute approximate surface area is 98.0 Å². The zero-order valence-corrected chi connectivity index (χ0v) is 10.2. The molecule has 0 aliphatic carbocycles. The van der Waals surface area contributed by atoms with E-state index in [9.17, 15) is 0 Å². The van der Waals surface area contributed by atoms with E-state index >= 15 is 0 Å². The number of benzene rings is 1. The van der Waals surface area contributed by atoms with Crippen LogP contribution in [0.1, 0.15) is 42.9 Å². The third-order valence-corrected chi connectivity index (χ3v) is 3.56. The topological polar surface area (TPSA) is 21.3 Å². The van der Waals surface area contributed by atoms with Gasteiger partial charge in [0.05, 0.1) is 0 Å². The summed E-state index contributed by atoms with van der Waals surface area (Å²) in [6.07, 6.45) is 2.32. The first-order chi connectivity index (χ1) is 7.83. The van der Waals surface area contributed by atoms with E-state index in [2.05, 4.69) is 36.5 Å². The van der Waals surface area contributed by atoms with Crippen LogP contribution in [-0.2, 0) is 4.74 Å². The lowest BCUT2D eigenvalue weighted by molar-refractivity contribution is 0.0851. The lowest BCUT2D eigenvalue weighted by atomic mass is 9.86. The van der Waals surface area contributed by atoms with Crippen LogP contribution in [0.3, 0.4) is 0 Å². The van der Waals surface area contributed by atoms with Crippen molar-refractivity contribution in [3.05, 3.63) is 35.4 Å². The van der Waals surface area contributed by atoms with Gasteiger partial charge in [-0.25, -0.2) is 0 Å². The maximum absolute atomic E-state index is 5.43. The van der Waals surface area contributed by atoms with E-state index in [4.69, 9.17) is 4.74 Å². The number of ether oxygens (including phenoxy) is 1. The lowest BCUT2D eigenvalue weighted by Crippen LogP contribution is -2.19. The molecule has 0 spiro atoms. The molecule has 0 amide bonds. The number of hydrogen-bond donors (Lipinski definition) is 1. The van der Waals surface area contributed by atoms with Crippen molar-refractivity contribution in [2.24, 2.45) is 0 Å². The zero-order chi connectivity index (χ0) is 11.4. The second kappa shape index (κ2) is 5.46. The molecular formula is C14H21NO. The minimum Gasteiger partial charge on any atom is -0.381 e. The predicted octanol–water partition coefficient (Wildman–Crippen LogP) is 2.86. The van der Waals surface area contributed by atoms with Crippen molar-refractivity contribution in [2.45, 2.75) is 31.7 Å². The highest BCUT2D eigenvalue weighted by Gasteiger charge is 2.19. The summed E-state index contributed by atoms with van der Waals surface area (Å²) in [5.41, 5.74) is 2.95. The minimum absolute atomic E-state index is 0.430. The number of rotatable bonds is 3. The maximum Gasteiger partial charge on any atom is 0.0471 e. The zero-order valence-electron chi connectivity index (χ0n) is 10.2. The van der Waals surface area contributed by atoms with E-state index in [0.717, 1.165) is 26.1 Å². The predicted molar refractivity (Wildman–Crippen MR) is 66.7 cm³/mol. The van der Waals surface area contributed by atoms with E-state index < -0.39 is 0 Å². The van der Waals surface area contributed by atoms with Crippen molar-refractivity contribution in [2.75, 3.05) is 20.3 Å². The fourth-order valence-corrected chi connectivity index (χ4v) is 2.44. The Bertz CT molecular complexity index is 331. The first-order valence-electron chi connectivity index (χ1n) is 6.16. The van der Waals surface area contributed by atoms with E-state index in [1.165, 1.54) is 11.1 Å². The molecule has 1 unspecified atom stereocenters. The average molecular weight is 219 g/mol. The minimum atomic E-state index is 0.430. The summed E-state index contributed by atoms with van der Waals surface area (Å²) in [6, 6.07) is 9.23. The molecule has 1 fully saturated rings. The highest BCUT2D eigenvalue weighted by atomic mass is 16.5. The van der Waals surface area contributed by atoms with Crippen LogP contribution < -0.4 is 5.32 Å². The maximum atomic E-state index is 5.43. The van der Waals surface area contributed by atoms with Gasteiger partial charge in [-0.1, -0.05) is 24.3 Å². The van der Waals surface area contributed by atoms with Crippen LogP contribution in [0.15, 0.2) is 24.3 Å². The normalized spacial score (nSPS) is 19.6. The Morgan fingerprint density at radius 1 is 1.25 bits per heavy atom. The quantitative estimate of drug-likeness (QED) is 0.844. The molecule has 1 saturated heterocycles. The molecule has 1 heterocycles. The van der Waals surface area contributed by atoms with E-state index in [-0.39, 0.29) is 0 Å². The van der Waals surface area contributed by atoms with Gasteiger partial charge in [0, 0.05) is 19.3 Å². The SMILES string of the molecule is CNC(C)c1ccccc1C1CCOCC1. The van der Waals surface area contributed by atoms with Crippen LogP contribution in [0.25, 0.3) is 0 Å². The second-order valence-corrected chi connectivity index (χ2v) is 4.53. The number of nitrogens with one attached hydrogen (secondary N) is 1. The fourth-order valence-electron chi connectivity index (χ4n) is 2.44. The molecule has 16 heavy (non-hydrogen) atoms. The summed E-state index contributed by atoms with van der Waals surface area (Å²) in [4.78, 5) is 0. The highest BCUT2D eigenvalue weighted by molar-refractivity contribution is 5.33. The van der Waals surface area contributed by atoms with E-state index in [1.54, 1.807) is 0 Å². The summed E-state index contributed by atoms with van der Waals surface area (Å²) < 4.78 is 5.43. The summed E-state index contributed by atoms with van der Waals surface area (Å²) in [5, 5.41) is 3.33. The van der Waals surface area contributed by atoms with Gasteiger partial charge in [-0.2, -0.15) is 0 Å². The van der Waals surface area contributed by atoms with Crippen LogP contribution in [0.5, 0.6) is 0 Å². The van der Waals surface area contributed by atoms with Crippen molar-refractivity contribution in [1.29, 1.82) is 0 Å². The molecule has 2 heteroatoms. The van der Waals surface area contributed by atoms with Crippen LogP contribution in [0, 0.1) is 0 Å². The summed E-state index contributed by atoms with van der Waals surface area (Å²) in [6.45, 7) is 4.04. The molecule has 1 aliphatic rings. The molecule has 1 N–H and O–H groups in total. The second-order valence-electron chi connectivity index (χ2n) is 4.53. The first-order valence-corrected chi connectivity index (χ1v) is 6.16. The van der Waals surface area contributed by atoms with Gasteiger partial charge in [-0.05, 0) is 43.9 Å². The summed E-state index contributed by atoms with van der Waals surface area (Å²) in [5.74, 6) is 0.681. The van der Waals surface area contributed by atoms with Gasteiger partial charge < -0.3 is 10.1 Å². The Balaban J connectivity index is 2.24. The molecule has 0 aromatic heterocycles. The van der Waals surface area contributed by atoms with Gasteiger partial charge in [0.15, 0.2) is 0 Å². The molecule has 88 valence electrons. The van der Waals surface area contributed by atoms with Gasteiger partial charge in [0.2, 0.25) is 0 Å². The summed E-state index contributed by atoms with van der Waals surface area (Å²) in [7, 11) is 2.02. The van der Waals surface area contributed by atoms with Crippen LogP contribution in [-0.4, -0.2) is 20.3 Å². The molecular weight excluding hydrogens is 198 g/mol. The Morgan fingerprint density at radius 2 is 1.94 bits per heavy atom. The van der Waals surface area contributed by atoms with E-state index in [1.807, 2.05) is 7.05 Å². The standard InChI is InChI=1S/C14H21NO/c1-11(15-2)13-5-3-4-6-14(13)12-7-9-16-10-8-12/h3-6,11-12,15H,7-10H2,1-2H3. The molecule has 1 aromatic rings. The van der Waals surface area contributed by atoms with Crippen molar-refractivity contribution in [3.63, 3.8) is 0 Å².